The summed E-state index contributed by atoms with van der Waals surface area (Å²) in [6, 6.07) is 14.2. The lowest BCUT2D eigenvalue weighted by Crippen LogP contribution is -2.24. The van der Waals surface area contributed by atoms with E-state index in [1.165, 1.54) is 19.2 Å². The molecular weight excluding hydrogens is 368 g/mol. The average Bonchev–Trinajstić information content (AvgIpc) is 3.40. The quantitative estimate of drug-likeness (QED) is 0.702. The number of rotatable bonds is 3. The maximum Gasteiger partial charge on any atom is 0.261 e. The lowest BCUT2D eigenvalue weighted by molar-refractivity contribution is 0.0693. The van der Waals surface area contributed by atoms with E-state index in [-0.39, 0.29) is 17.4 Å². The monoisotopic (exact) mass is 386 g/mol. The number of anilines is 1. The molecule has 3 aromatic rings. The van der Waals surface area contributed by atoms with Gasteiger partial charge in [0.05, 0.1) is 22.5 Å². The largest absolute Gasteiger partial charge is 0.306 e. The summed E-state index contributed by atoms with van der Waals surface area (Å²) >= 11 is 0. The number of nitrogens with one attached hydrogen (secondary N) is 1. The lowest BCUT2D eigenvalue weighted by Gasteiger charge is -2.11. The van der Waals surface area contributed by atoms with Crippen LogP contribution in [0.3, 0.4) is 0 Å². The zero-order valence-electron chi connectivity index (χ0n) is 15.8. The number of amides is 3. The second-order valence-electron chi connectivity index (χ2n) is 7.26. The molecule has 29 heavy (non-hydrogen) atoms. The number of carbonyl (C=O) groups is 3. The highest BCUT2D eigenvalue weighted by Gasteiger charge is 2.33. The maximum absolute atomic E-state index is 13.0. The van der Waals surface area contributed by atoms with Crippen LogP contribution in [-0.2, 0) is 12.8 Å². The van der Waals surface area contributed by atoms with Gasteiger partial charge >= 0.3 is 0 Å². The lowest BCUT2D eigenvalue weighted by atomic mass is 10.1. The maximum atomic E-state index is 13.0. The molecule has 0 spiro atoms. The van der Waals surface area contributed by atoms with Crippen molar-refractivity contribution in [1.82, 2.24) is 14.7 Å². The summed E-state index contributed by atoms with van der Waals surface area (Å²) in [5, 5.41) is 7.68. The Morgan fingerprint density at radius 3 is 2.55 bits per heavy atom. The minimum atomic E-state index is -0.394. The van der Waals surface area contributed by atoms with Crippen LogP contribution in [-0.4, -0.2) is 39.4 Å². The first kappa shape index (κ1) is 17.4. The molecule has 2 aromatic carbocycles. The van der Waals surface area contributed by atoms with Crippen LogP contribution in [0.5, 0.6) is 0 Å². The van der Waals surface area contributed by atoms with Gasteiger partial charge in [0.2, 0.25) is 0 Å². The van der Waals surface area contributed by atoms with Crippen LogP contribution >= 0.6 is 0 Å². The second kappa shape index (κ2) is 6.41. The highest BCUT2D eigenvalue weighted by molar-refractivity contribution is 6.22. The molecule has 0 saturated carbocycles. The summed E-state index contributed by atoms with van der Waals surface area (Å²) in [5.41, 5.74) is 3.83. The number of carbonyl (C=O) groups excluding carboxylic acids is 3. The molecule has 0 atom stereocenters. The van der Waals surface area contributed by atoms with Gasteiger partial charge in [-0.1, -0.05) is 18.2 Å². The van der Waals surface area contributed by atoms with Gasteiger partial charge in [-0.3, -0.25) is 19.3 Å². The predicted molar refractivity (Wildman–Crippen MR) is 106 cm³/mol. The molecule has 1 aliphatic carbocycles. The Labute approximate surface area is 166 Å². The van der Waals surface area contributed by atoms with Gasteiger partial charge in [0.25, 0.3) is 17.7 Å². The molecule has 5 rings (SSSR count). The van der Waals surface area contributed by atoms with Crippen molar-refractivity contribution in [2.75, 3.05) is 12.4 Å². The minimum absolute atomic E-state index is 0.256. The minimum Gasteiger partial charge on any atom is -0.306 e. The fraction of sp³-hybridized carbons (Fsp3) is 0.182. The highest BCUT2D eigenvalue weighted by Crippen LogP contribution is 2.31. The summed E-state index contributed by atoms with van der Waals surface area (Å²) in [6.45, 7) is 0. The van der Waals surface area contributed by atoms with Crippen LogP contribution in [0.2, 0.25) is 0 Å². The molecule has 7 nitrogen and oxygen atoms in total. The Bertz CT molecular complexity index is 1180. The zero-order chi connectivity index (χ0) is 20.1. The molecule has 1 N–H and O–H groups in total. The third kappa shape index (κ3) is 2.66. The van der Waals surface area contributed by atoms with Gasteiger partial charge in [0.1, 0.15) is 5.82 Å². The van der Waals surface area contributed by atoms with Gasteiger partial charge in [-0.25, -0.2) is 4.68 Å². The molecule has 0 saturated heterocycles. The van der Waals surface area contributed by atoms with E-state index in [9.17, 15) is 14.4 Å². The van der Waals surface area contributed by atoms with Crippen molar-refractivity contribution in [3.8, 4) is 5.69 Å². The number of hydrogen-bond donors (Lipinski definition) is 1. The number of benzene rings is 2. The first-order valence-electron chi connectivity index (χ1n) is 9.48. The predicted octanol–water partition coefficient (Wildman–Crippen LogP) is 2.84. The van der Waals surface area contributed by atoms with E-state index in [0.717, 1.165) is 41.1 Å². The summed E-state index contributed by atoms with van der Waals surface area (Å²) in [7, 11) is 1.44. The average molecular weight is 386 g/mol. The van der Waals surface area contributed by atoms with E-state index >= 15 is 0 Å². The van der Waals surface area contributed by atoms with Gasteiger partial charge in [-0.15, -0.1) is 0 Å². The van der Waals surface area contributed by atoms with E-state index in [1.54, 1.807) is 10.7 Å². The van der Waals surface area contributed by atoms with Crippen LogP contribution in [0.25, 0.3) is 5.69 Å². The van der Waals surface area contributed by atoms with Crippen LogP contribution in [0.15, 0.2) is 48.5 Å². The van der Waals surface area contributed by atoms with Gasteiger partial charge in [-0.2, -0.15) is 5.10 Å². The van der Waals surface area contributed by atoms with E-state index in [1.807, 2.05) is 30.3 Å². The van der Waals surface area contributed by atoms with Gasteiger partial charge < -0.3 is 5.32 Å². The Morgan fingerprint density at radius 1 is 1.00 bits per heavy atom. The number of para-hydroxylation sites is 1. The fourth-order valence-corrected chi connectivity index (χ4v) is 3.96. The van der Waals surface area contributed by atoms with Crippen LogP contribution in [0.1, 0.15) is 48.8 Å². The van der Waals surface area contributed by atoms with E-state index in [0.29, 0.717) is 16.9 Å². The molecule has 0 bridgehead atoms. The topological polar surface area (TPSA) is 84.3 Å². The van der Waals surface area contributed by atoms with Gasteiger partial charge in [0.15, 0.2) is 0 Å². The van der Waals surface area contributed by atoms with Gasteiger partial charge in [-0.05, 0) is 49.6 Å². The van der Waals surface area contributed by atoms with Crippen LogP contribution in [0.4, 0.5) is 5.82 Å². The van der Waals surface area contributed by atoms with E-state index < -0.39 is 5.91 Å². The number of nitrogens with zero attached hydrogens (tertiary/aromatic N) is 3. The normalized spacial score (nSPS) is 14.9. The van der Waals surface area contributed by atoms with Crippen molar-refractivity contribution in [3.63, 3.8) is 0 Å². The SMILES string of the molecule is CN1C(=O)c2ccc(C(=O)Nc3c4c(nn3-c3ccccc3)CCC4)cc2C1=O. The number of hydrogen-bond acceptors (Lipinski definition) is 4. The third-order valence-electron chi connectivity index (χ3n) is 5.49. The smallest absolute Gasteiger partial charge is 0.261 e. The van der Waals surface area contributed by atoms with E-state index in [2.05, 4.69) is 5.32 Å². The summed E-state index contributed by atoms with van der Waals surface area (Å²) in [5.74, 6) is -0.421. The number of aryl methyl sites for hydroxylation is 1. The second-order valence-corrected chi connectivity index (χ2v) is 7.26. The zero-order valence-corrected chi connectivity index (χ0v) is 15.8. The molecule has 0 fully saturated rings. The molecule has 144 valence electrons. The number of aromatic nitrogens is 2. The Balaban J connectivity index is 1.51. The summed E-state index contributed by atoms with van der Waals surface area (Å²) in [6.07, 6.45) is 2.76. The molecule has 1 aromatic heterocycles. The molecule has 2 aliphatic rings. The Hall–Kier alpha value is -3.74. The number of imide groups is 1. The van der Waals surface area contributed by atoms with Crippen molar-refractivity contribution in [1.29, 1.82) is 0 Å². The van der Waals surface area contributed by atoms with Gasteiger partial charge in [0, 0.05) is 18.2 Å². The molecule has 0 unspecified atom stereocenters. The van der Waals surface area contributed by atoms with Crippen molar-refractivity contribution >= 4 is 23.5 Å². The molecule has 0 radical (unpaired) electrons. The van der Waals surface area contributed by atoms with E-state index in [4.69, 9.17) is 5.10 Å². The molecule has 2 heterocycles. The van der Waals surface area contributed by atoms with Crippen molar-refractivity contribution < 1.29 is 14.4 Å². The first-order chi connectivity index (χ1) is 14.0. The highest BCUT2D eigenvalue weighted by atomic mass is 16.2. The Morgan fingerprint density at radius 2 is 1.76 bits per heavy atom. The van der Waals surface area contributed by atoms with Crippen molar-refractivity contribution in [2.45, 2.75) is 19.3 Å². The molecule has 1 aliphatic heterocycles. The summed E-state index contributed by atoms with van der Waals surface area (Å²) < 4.78 is 1.76. The van der Waals surface area contributed by atoms with Crippen LogP contribution in [0, 0.1) is 0 Å². The molecular formula is C22H18N4O3. The molecule has 3 amide bonds. The standard InChI is InChI=1S/C22H18N4O3/c1-25-21(28)15-11-10-13(12-17(15)22(25)29)20(27)23-19-16-8-5-9-18(16)24-26(19)14-6-3-2-4-7-14/h2-4,6-7,10-12H,5,8-9H2,1H3,(H,23,27). The van der Waals surface area contributed by atoms with Crippen molar-refractivity contribution in [2.24, 2.45) is 0 Å². The first-order valence-corrected chi connectivity index (χ1v) is 9.48. The third-order valence-corrected chi connectivity index (χ3v) is 5.49. The summed E-state index contributed by atoms with van der Waals surface area (Å²) in [4.78, 5) is 38.4. The van der Waals surface area contributed by atoms with Crippen molar-refractivity contribution in [3.05, 3.63) is 76.5 Å². The number of fused-ring (bicyclic) bond motifs is 2. The fourth-order valence-electron chi connectivity index (χ4n) is 3.96. The molecule has 7 heteroatoms. The Kier molecular flexibility index (Phi) is 3.84. The van der Waals surface area contributed by atoms with Crippen LogP contribution < -0.4 is 5.32 Å².